The van der Waals surface area contributed by atoms with E-state index >= 15 is 0 Å². The van der Waals surface area contributed by atoms with Crippen LogP contribution in [-0.4, -0.2) is 52.2 Å². The first-order valence-electron chi connectivity index (χ1n) is 8.96. The van der Waals surface area contributed by atoms with Crippen molar-refractivity contribution in [3.8, 4) is 5.88 Å². The van der Waals surface area contributed by atoms with Gasteiger partial charge in [-0.1, -0.05) is 5.16 Å². The molecule has 2 aliphatic rings. The topological polar surface area (TPSA) is 90.6 Å². The summed E-state index contributed by atoms with van der Waals surface area (Å²) < 4.78 is 16.2. The summed E-state index contributed by atoms with van der Waals surface area (Å²) in [6.07, 6.45) is 5.60. The van der Waals surface area contributed by atoms with Gasteiger partial charge in [-0.25, -0.2) is 4.98 Å². The highest BCUT2D eigenvalue weighted by Gasteiger charge is 2.29. The van der Waals surface area contributed by atoms with E-state index in [1.54, 1.807) is 30.3 Å². The summed E-state index contributed by atoms with van der Waals surface area (Å²) in [5, 5.41) is 3.99. The van der Waals surface area contributed by atoms with E-state index in [1.807, 2.05) is 0 Å². The van der Waals surface area contributed by atoms with Crippen LogP contribution in [0.5, 0.6) is 5.88 Å². The molecule has 8 heteroatoms. The Balaban J connectivity index is 1.31. The first kappa shape index (κ1) is 17.0. The number of carbonyl (C=O) groups excluding carboxylic acids is 1. The number of methoxy groups -OCH3 is 1. The van der Waals surface area contributed by atoms with Crippen LogP contribution in [0.2, 0.25) is 0 Å². The number of nitrogens with zero attached hydrogens (tertiary/aromatic N) is 4. The van der Waals surface area contributed by atoms with Gasteiger partial charge in [-0.3, -0.25) is 4.79 Å². The van der Waals surface area contributed by atoms with Crippen molar-refractivity contribution in [1.29, 1.82) is 0 Å². The maximum absolute atomic E-state index is 12.7. The van der Waals surface area contributed by atoms with Crippen LogP contribution in [0.3, 0.4) is 0 Å². The van der Waals surface area contributed by atoms with Gasteiger partial charge >= 0.3 is 0 Å². The van der Waals surface area contributed by atoms with Gasteiger partial charge in [0.15, 0.2) is 5.82 Å². The zero-order chi connectivity index (χ0) is 17.9. The third-order valence-corrected chi connectivity index (χ3v) is 4.73. The molecule has 1 unspecified atom stereocenters. The van der Waals surface area contributed by atoms with Crippen LogP contribution in [0.1, 0.15) is 53.7 Å². The first-order valence-corrected chi connectivity index (χ1v) is 8.96. The highest BCUT2D eigenvalue weighted by molar-refractivity contribution is 5.94. The number of hydrogen-bond acceptors (Lipinski definition) is 7. The fourth-order valence-electron chi connectivity index (χ4n) is 3.09. The molecule has 1 atom stereocenters. The molecule has 1 aliphatic carbocycles. The lowest BCUT2D eigenvalue weighted by atomic mass is 10.1. The van der Waals surface area contributed by atoms with Crippen molar-refractivity contribution in [2.45, 2.75) is 44.3 Å². The van der Waals surface area contributed by atoms with Gasteiger partial charge in [-0.05, 0) is 31.7 Å². The smallest absolute Gasteiger partial charge is 0.255 e. The van der Waals surface area contributed by atoms with Gasteiger partial charge in [0.1, 0.15) is 6.61 Å². The van der Waals surface area contributed by atoms with Crippen LogP contribution in [-0.2, 0) is 11.3 Å². The second kappa shape index (κ2) is 7.41. The fraction of sp³-hybridized carbons (Fsp3) is 0.556. The van der Waals surface area contributed by atoms with Crippen molar-refractivity contribution in [2.24, 2.45) is 0 Å². The SMILES string of the molecule is COc1ccc(C(=O)N2CCCC(OCc3nc(C4CC4)no3)C2)cn1. The maximum Gasteiger partial charge on any atom is 0.255 e. The Morgan fingerprint density at radius 1 is 1.35 bits per heavy atom. The van der Waals surface area contributed by atoms with Crippen LogP contribution >= 0.6 is 0 Å². The van der Waals surface area contributed by atoms with E-state index in [0.29, 0.717) is 29.8 Å². The molecule has 2 fully saturated rings. The van der Waals surface area contributed by atoms with Gasteiger partial charge < -0.3 is 18.9 Å². The molecule has 0 spiro atoms. The number of likely N-dealkylation sites (tertiary alicyclic amines) is 1. The van der Waals surface area contributed by atoms with Gasteiger partial charge in [0.25, 0.3) is 11.8 Å². The number of piperidine rings is 1. The number of rotatable bonds is 6. The van der Waals surface area contributed by atoms with Crippen LogP contribution in [0, 0.1) is 0 Å². The van der Waals surface area contributed by atoms with E-state index < -0.39 is 0 Å². The average Bonchev–Trinajstić information content (AvgIpc) is 3.44. The number of ether oxygens (including phenoxy) is 2. The third-order valence-electron chi connectivity index (χ3n) is 4.73. The minimum absolute atomic E-state index is 0.0322. The highest BCUT2D eigenvalue weighted by Crippen LogP contribution is 2.38. The number of aromatic nitrogens is 3. The monoisotopic (exact) mass is 358 g/mol. The molecule has 0 aromatic carbocycles. The standard InChI is InChI=1S/C18H22N4O4/c1-24-15-7-6-13(9-19-15)18(23)22-8-2-3-14(10-22)25-11-16-20-17(21-26-16)12-4-5-12/h6-7,9,12,14H,2-5,8,10-11H2,1H3. The number of carbonyl (C=O) groups is 1. The van der Waals surface area contributed by atoms with Gasteiger partial charge in [0, 0.05) is 31.3 Å². The second-order valence-corrected chi connectivity index (χ2v) is 6.74. The molecule has 138 valence electrons. The van der Waals surface area contributed by atoms with Crippen molar-refractivity contribution >= 4 is 5.91 Å². The molecule has 2 aromatic rings. The van der Waals surface area contributed by atoms with Crippen LogP contribution in [0.15, 0.2) is 22.9 Å². The maximum atomic E-state index is 12.7. The predicted octanol–water partition coefficient (Wildman–Crippen LogP) is 2.17. The van der Waals surface area contributed by atoms with Gasteiger partial charge in [0.2, 0.25) is 5.88 Å². The molecular weight excluding hydrogens is 336 g/mol. The number of hydrogen-bond donors (Lipinski definition) is 0. The normalized spacial score (nSPS) is 20.2. The molecule has 8 nitrogen and oxygen atoms in total. The summed E-state index contributed by atoms with van der Waals surface area (Å²) in [7, 11) is 1.55. The van der Waals surface area contributed by atoms with Gasteiger partial charge in [-0.2, -0.15) is 4.98 Å². The Morgan fingerprint density at radius 3 is 2.96 bits per heavy atom. The van der Waals surface area contributed by atoms with Crippen LogP contribution in [0.25, 0.3) is 0 Å². The molecule has 0 radical (unpaired) electrons. The quantitative estimate of drug-likeness (QED) is 0.781. The zero-order valence-corrected chi connectivity index (χ0v) is 14.8. The molecule has 0 N–H and O–H groups in total. The first-order chi connectivity index (χ1) is 12.7. The molecule has 26 heavy (non-hydrogen) atoms. The Kier molecular flexibility index (Phi) is 4.83. The van der Waals surface area contributed by atoms with Crippen molar-refractivity contribution < 1.29 is 18.8 Å². The lowest BCUT2D eigenvalue weighted by Crippen LogP contribution is -2.43. The number of pyridine rings is 1. The number of amides is 1. The lowest BCUT2D eigenvalue weighted by Gasteiger charge is -2.32. The van der Waals surface area contributed by atoms with E-state index in [0.717, 1.165) is 38.1 Å². The van der Waals surface area contributed by atoms with E-state index in [-0.39, 0.29) is 18.6 Å². The van der Waals surface area contributed by atoms with E-state index in [9.17, 15) is 4.79 Å². The summed E-state index contributed by atoms with van der Waals surface area (Å²) in [6, 6.07) is 3.43. The Bertz CT molecular complexity index is 757. The average molecular weight is 358 g/mol. The molecular formula is C18H22N4O4. The highest BCUT2D eigenvalue weighted by atomic mass is 16.5. The molecule has 2 aromatic heterocycles. The fourth-order valence-corrected chi connectivity index (χ4v) is 3.09. The van der Waals surface area contributed by atoms with Crippen LogP contribution < -0.4 is 4.74 Å². The van der Waals surface area contributed by atoms with Crippen molar-refractivity contribution in [1.82, 2.24) is 20.0 Å². The van der Waals surface area contributed by atoms with E-state index in [4.69, 9.17) is 14.0 Å². The summed E-state index contributed by atoms with van der Waals surface area (Å²) in [6.45, 7) is 1.56. The Hall–Kier alpha value is -2.48. The molecule has 4 rings (SSSR count). The van der Waals surface area contributed by atoms with Crippen molar-refractivity contribution in [3.05, 3.63) is 35.6 Å². The van der Waals surface area contributed by atoms with Crippen molar-refractivity contribution in [2.75, 3.05) is 20.2 Å². The minimum atomic E-state index is -0.0396. The molecule has 3 heterocycles. The summed E-state index contributed by atoms with van der Waals surface area (Å²) in [4.78, 5) is 22.9. The summed E-state index contributed by atoms with van der Waals surface area (Å²) in [5.41, 5.74) is 0.553. The van der Waals surface area contributed by atoms with Gasteiger partial charge in [0.05, 0.1) is 18.8 Å². The zero-order valence-electron chi connectivity index (χ0n) is 14.8. The molecule has 1 saturated heterocycles. The third kappa shape index (κ3) is 3.85. The largest absolute Gasteiger partial charge is 0.481 e. The van der Waals surface area contributed by atoms with Gasteiger partial charge in [-0.15, -0.1) is 0 Å². The summed E-state index contributed by atoms with van der Waals surface area (Å²) in [5.74, 6) is 2.22. The Labute approximate surface area is 151 Å². The molecule has 1 saturated carbocycles. The summed E-state index contributed by atoms with van der Waals surface area (Å²) >= 11 is 0. The molecule has 0 bridgehead atoms. The molecule has 1 aliphatic heterocycles. The van der Waals surface area contributed by atoms with Crippen LogP contribution in [0.4, 0.5) is 0 Å². The van der Waals surface area contributed by atoms with E-state index in [1.165, 1.54) is 0 Å². The second-order valence-electron chi connectivity index (χ2n) is 6.74. The predicted molar refractivity (Wildman–Crippen MR) is 90.8 cm³/mol. The van der Waals surface area contributed by atoms with E-state index in [2.05, 4.69) is 15.1 Å². The van der Waals surface area contributed by atoms with Crippen molar-refractivity contribution in [3.63, 3.8) is 0 Å². The minimum Gasteiger partial charge on any atom is -0.481 e. The Morgan fingerprint density at radius 2 is 2.23 bits per heavy atom. The molecule has 1 amide bonds. The lowest BCUT2D eigenvalue weighted by molar-refractivity contribution is -0.0153.